The van der Waals surface area contributed by atoms with E-state index in [1.165, 1.54) is 37.9 Å². The number of hydrogen-bond acceptors (Lipinski definition) is 6. The minimum Gasteiger partial charge on any atom is -0.459 e. The summed E-state index contributed by atoms with van der Waals surface area (Å²) in [5.41, 5.74) is 1.19. The van der Waals surface area contributed by atoms with Gasteiger partial charge in [-0.2, -0.15) is 11.3 Å². The number of likely N-dealkylation sites (tertiary alicyclic amines) is 2. The summed E-state index contributed by atoms with van der Waals surface area (Å²) in [6, 6.07) is 2.73. The van der Waals surface area contributed by atoms with Gasteiger partial charge in [0.2, 0.25) is 6.29 Å². The first-order chi connectivity index (χ1) is 15.7. The molecule has 32 heavy (non-hydrogen) atoms. The lowest BCUT2D eigenvalue weighted by atomic mass is 9.81. The Labute approximate surface area is 196 Å². The molecule has 0 bridgehead atoms. The minimum atomic E-state index is -0.466. The van der Waals surface area contributed by atoms with Crippen LogP contribution in [0.15, 0.2) is 28.7 Å². The van der Waals surface area contributed by atoms with Gasteiger partial charge in [-0.05, 0) is 87.0 Å². The number of amides is 1. The predicted molar refractivity (Wildman–Crippen MR) is 126 cm³/mol. The number of thiophene rings is 1. The molecule has 0 radical (unpaired) electrons. The third-order valence-corrected chi connectivity index (χ3v) is 7.91. The van der Waals surface area contributed by atoms with Crippen LogP contribution in [0.4, 0.5) is 0 Å². The summed E-state index contributed by atoms with van der Waals surface area (Å²) < 4.78 is 12.1. The van der Waals surface area contributed by atoms with Gasteiger partial charge in [-0.3, -0.25) is 4.79 Å². The lowest BCUT2D eigenvalue weighted by molar-refractivity contribution is -0.170. The summed E-state index contributed by atoms with van der Waals surface area (Å²) in [5.74, 6) is 0.560. The average Bonchev–Trinajstić information content (AvgIpc) is 3.38. The van der Waals surface area contributed by atoms with Crippen LogP contribution >= 0.6 is 11.3 Å². The van der Waals surface area contributed by atoms with Crippen molar-refractivity contribution in [2.75, 3.05) is 39.4 Å². The Morgan fingerprint density at radius 1 is 1.22 bits per heavy atom. The van der Waals surface area contributed by atoms with Crippen molar-refractivity contribution in [3.05, 3.63) is 34.2 Å². The van der Waals surface area contributed by atoms with Crippen molar-refractivity contribution in [3.8, 4) is 0 Å². The molecule has 0 aliphatic carbocycles. The molecule has 4 heterocycles. The fourth-order valence-corrected chi connectivity index (χ4v) is 6.18. The van der Waals surface area contributed by atoms with E-state index in [1.54, 1.807) is 11.3 Å². The molecule has 0 saturated carbocycles. The Hall–Kier alpha value is -1.41. The van der Waals surface area contributed by atoms with Gasteiger partial charge in [0, 0.05) is 44.2 Å². The largest absolute Gasteiger partial charge is 0.459 e. The van der Waals surface area contributed by atoms with Gasteiger partial charge in [-0.1, -0.05) is 6.42 Å². The Bertz CT molecular complexity index is 739. The highest BCUT2D eigenvalue weighted by Gasteiger charge is 2.39. The van der Waals surface area contributed by atoms with Crippen molar-refractivity contribution >= 4 is 17.2 Å². The summed E-state index contributed by atoms with van der Waals surface area (Å²) in [6.07, 6.45) is 9.08. The molecule has 1 N–H and O–H groups in total. The minimum absolute atomic E-state index is 0.00682. The molecule has 0 spiro atoms. The first-order valence-electron chi connectivity index (χ1n) is 12.4. The molecular formula is C25H38N2O4S. The number of allylic oxidation sites excluding steroid dienone is 1. The Morgan fingerprint density at radius 2 is 2.00 bits per heavy atom. The van der Waals surface area contributed by atoms with Crippen LogP contribution < -0.4 is 0 Å². The number of ether oxygens (including phenoxy) is 2. The summed E-state index contributed by atoms with van der Waals surface area (Å²) in [4.78, 5) is 18.0. The summed E-state index contributed by atoms with van der Waals surface area (Å²) in [6.45, 7) is 6.62. The van der Waals surface area contributed by atoms with Crippen LogP contribution in [0.25, 0.3) is 0 Å². The Kier molecular flexibility index (Phi) is 8.63. The number of nitrogens with zero attached hydrogens (tertiary/aromatic N) is 2. The normalized spacial score (nSPS) is 27.8. The van der Waals surface area contributed by atoms with Crippen molar-refractivity contribution < 1.29 is 19.4 Å². The molecule has 7 heteroatoms. The molecule has 6 nitrogen and oxygen atoms in total. The number of piperidine rings is 2. The Morgan fingerprint density at radius 3 is 2.66 bits per heavy atom. The predicted octanol–water partition coefficient (Wildman–Crippen LogP) is 3.97. The molecule has 1 aromatic rings. The molecule has 0 aromatic carbocycles. The number of hydrogen-bond donors (Lipinski definition) is 1. The third kappa shape index (κ3) is 5.56. The molecule has 0 unspecified atom stereocenters. The van der Waals surface area contributed by atoms with Gasteiger partial charge in [0.1, 0.15) is 0 Å². The summed E-state index contributed by atoms with van der Waals surface area (Å²) in [7, 11) is 0. The van der Waals surface area contributed by atoms with E-state index < -0.39 is 6.29 Å². The van der Waals surface area contributed by atoms with E-state index in [4.69, 9.17) is 9.47 Å². The standard InChI is InChI=1S/C25H38N2O4S/c1-2-30-25-21(7-6-15-28)22(19-10-16-32-18-19)17-23(31-25)24(29)27-13-8-20(9-14-27)26-11-4-3-5-12-26/h10,16-18,20-22,25,28H,2-9,11-15H2,1H3/t21-,22-,25-/m1/s1. The molecule has 1 amide bonds. The van der Waals surface area contributed by atoms with Gasteiger partial charge in [-0.15, -0.1) is 0 Å². The molecule has 3 atom stereocenters. The number of carbonyl (C=O) groups excluding carboxylic acids is 1. The van der Waals surface area contributed by atoms with E-state index in [1.807, 2.05) is 17.9 Å². The topological polar surface area (TPSA) is 62.2 Å². The highest BCUT2D eigenvalue weighted by molar-refractivity contribution is 7.08. The molecule has 3 aliphatic rings. The van der Waals surface area contributed by atoms with E-state index in [0.29, 0.717) is 24.8 Å². The molecular weight excluding hydrogens is 424 g/mol. The zero-order chi connectivity index (χ0) is 22.3. The lowest BCUT2D eigenvalue weighted by Gasteiger charge is -2.41. The van der Waals surface area contributed by atoms with Crippen molar-refractivity contribution in [3.63, 3.8) is 0 Å². The highest BCUT2D eigenvalue weighted by atomic mass is 32.1. The van der Waals surface area contributed by atoms with E-state index in [0.717, 1.165) is 32.4 Å². The maximum atomic E-state index is 13.4. The summed E-state index contributed by atoms with van der Waals surface area (Å²) in [5, 5.41) is 13.6. The van der Waals surface area contributed by atoms with Crippen LogP contribution in [0.2, 0.25) is 0 Å². The maximum Gasteiger partial charge on any atom is 0.288 e. The van der Waals surface area contributed by atoms with E-state index >= 15 is 0 Å². The Balaban J connectivity index is 1.47. The van der Waals surface area contributed by atoms with Gasteiger partial charge < -0.3 is 24.4 Å². The molecule has 178 valence electrons. The quantitative estimate of drug-likeness (QED) is 0.633. The fourth-order valence-electron chi connectivity index (χ4n) is 5.48. The number of aliphatic hydroxyl groups is 1. The average molecular weight is 463 g/mol. The van der Waals surface area contributed by atoms with Crippen LogP contribution in [0.5, 0.6) is 0 Å². The highest BCUT2D eigenvalue weighted by Crippen LogP contribution is 2.40. The van der Waals surface area contributed by atoms with Gasteiger partial charge >= 0.3 is 0 Å². The van der Waals surface area contributed by atoms with Crippen molar-refractivity contribution in [1.82, 2.24) is 9.80 Å². The molecule has 1 aromatic heterocycles. The monoisotopic (exact) mass is 462 g/mol. The van der Waals surface area contributed by atoms with Gasteiger partial charge in [0.05, 0.1) is 0 Å². The number of carbonyl (C=O) groups is 1. The third-order valence-electron chi connectivity index (χ3n) is 7.21. The first kappa shape index (κ1) is 23.7. The molecule has 2 fully saturated rings. The lowest BCUT2D eigenvalue weighted by Crippen LogP contribution is -2.49. The van der Waals surface area contributed by atoms with Crippen LogP contribution in [-0.4, -0.2) is 72.5 Å². The fraction of sp³-hybridized carbons (Fsp3) is 0.720. The van der Waals surface area contributed by atoms with Crippen LogP contribution in [0.3, 0.4) is 0 Å². The van der Waals surface area contributed by atoms with Crippen LogP contribution in [-0.2, 0) is 14.3 Å². The van der Waals surface area contributed by atoms with E-state index in [2.05, 4.69) is 21.7 Å². The van der Waals surface area contributed by atoms with E-state index in [9.17, 15) is 9.90 Å². The maximum absolute atomic E-state index is 13.4. The van der Waals surface area contributed by atoms with Gasteiger partial charge in [0.25, 0.3) is 5.91 Å². The number of aliphatic hydroxyl groups excluding tert-OH is 1. The van der Waals surface area contributed by atoms with Crippen molar-refractivity contribution in [1.29, 1.82) is 0 Å². The van der Waals surface area contributed by atoms with Crippen LogP contribution in [0.1, 0.15) is 63.4 Å². The molecule has 4 rings (SSSR count). The summed E-state index contributed by atoms with van der Waals surface area (Å²) >= 11 is 1.66. The second kappa shape index (κ2) is 11.6. The van der Waals surface area contributed by atoms with Crippen LogP contribution in [0, 0.1) is 5.92 Å². The van der Waals surface area contributed by atoms with E-state index in [-0.39, 0.29) is 24.3 Å². The smallest absolute Gasteiger partial charge is 0.288 e. The zero-order valence-corrected chi connectivity index (χ0v) is 20.1. The zero-order valence-electron chi connectivity index (χ0n) is 19.3. The number of rotatable bonds is 8. The first-order valence-corrected chi connectivity index (χ1v) is 13.3. The molecule has 3 aliphatic heterocycles. The van der Waals surface area contributed by atoms with Gasteiger partial charge in [-0.25, -0.2) is 0 Å². The van der Waals surface area contributed by atoms with Crippen molar-refractivity contribution in [2.24, 2.45) is 5.92 Å². The molecule has 2 saturated heterocycles. The second-order valence-corrected chi connectivity index (χ2v) is 9.98. The van der Waals surface area contributed by atoms with Gasteiger partial charge in [0.15, 0.2) is 5.76 Å². The van der Waals surface area contributed by atoms with Crippen molar-refractivity contribution in [2.45, 2.75) is 70.1 Å². The second-order valence-electron chi connectivity index (χ2n) is 9.20. The SMILES string of the molecule is CCO[C@@H]1OC(C(=O)N2CCC(N3CCCCC3)CC2)=C[C@H](c2ccsc2)[C@H]1CCCO.